The molecular weight excluding hydrogens is 340 g/mol. The number of unbranched alkanes of at least 4 members (excludes halogenated alkanes) is 1. The van der Waals surface area contributed by atoms with E-state index in [0.717, 1.165) is 34.4 Å². The van der Waals surface area contributed by atoms with E-state index in [-0.39, 0.29) is 5.91 Å². The van der Waals surface area contributed by atoms with Crippen molar-refractivity contribution in [1.29, 1.82) is 0 Å². The summed E-state index contributed by atoms with van der Waals surface area (Å²) in [5.41, 5.74) is 2.88. The molecule has 2 N–H and O–H groups in total. The lowest BCUT2D eigenvalue weighted by molar-refractivity contribution is -0.115. The fraction of sp³-hybridized carbons (Fsp3) is 0.278. The first-order valence-electron chi connectivity index (χ1n) is 7.56. The molecule has 1 amide bonds. The van der Waals surface area contributed by atoms with Gasteiger partial charge in [0.2, 0.25) is 5.91 Å². The maximum Gasteiger partial charge on any atom is 0.228 e. The molecule has 0 aliphatic rings. The molecule has 2 aromatic carbocycles. The summed E-state index contributed by atoms with van der Waals surface area (Å²) in [5, 5.41) is 6.28. The topological polar surface area (TPSA) is 41.1 Å². The van der Waals surface area contributed by atoms with Gasteiger partial charge in [-0.2, -0.15) is 0 Å². The summed E-state index contributed by atoms with van der Waals surface area (Å²) >= 11 is 3.46. The van der Waals surface area contributed by atoms with Crippen molar-refractivity contribution in [3.63, 3.8) is 0 Å². The Labute approximate surface area is 140 Å². The van der Waals surface area contributed by atoms with E-state index in [2.05, 4.69) is 33.5 Å². The van der Waals surface area contributed by atoms with Gasteiger partial charge in [0.05, 0.1) is 6.42 Å². The minimum atomic E-state index is -0.0152. The standard InChI is InChI=1S/C18H21BrN2O/c1-2-3-12-20-15-8-10-16(11-9-15)21-18(22)13-14-6-4-5-7-17(14)19/h4-11,20H,2-3,12-13H2,1H3,(H,21,22). The van der Waals surface area contributed by atoms with Crippen LogP contribution in [-0.4, -0.2) is 12.5 Å². The molecule has 0 radical (unpaired) electrons. The van der Waals surface area contributed by atoms with Gasteiger partial charge in [0.25, 0.3) is 0 Å². The molecule has 2 rings (SSSR count). The zero-order chi connectivity index (χ0) is 15.8. The smallest absolute Gasteiger partial charge is 0.228 e. The van der Waals surface area contributed by atoms with Gasteiger partial charge in [0.15, 0.2) is 0 Å². The Kier molecular flexibility index (Phi) is 6.46. The predicted molar refractivity (Wildman–Crippen MR) is 96.3 cm³/mol. The van der Waals surface area contributed by atoms with Crippen molar-refractivity contribution >= 4 is 33.2 Å². The minimum Gasteiger partial charge on any atom is -0.385 e. The van der Waals surface area contributed by atoms with Gasteiger partial charge < -0.3 is 10.6 Å². The van der Waals surface area contributed by atoms with Crippen LogP contribution in [0.3, 0.4) is 0 Å². The average molecular weight is 361 g/mol. The summed E-state index contributed by atoms with van der Waals surface area (Å²) in [6, 6.07) is 15.6. The molecule has 2 aromatic rings. The third-order valence-corrected chi connectivity index (χ3v) is 4.11. The molecule has 0 aliphatic heterocycles. The third kappa shape index (κ3) is 5.19. The lowest BCUT2D eigenvalue weighted by Gasteiger charge is -2.09. The second-order valence-electron chi connectivity index (χ2n) is 5.17. The van der Waals surface area contributed by atoms with Crippen molar-refractivity contribution in [2.24, 2.45) is 0 Å². The van der Waals surface area contributed by atoms with Crippen LogP contribution in [0.1, 0.15) is 25.3 Å². The molecule has 0 aromatic heterocycles. The summed E-state index contributed by atoms with van der Waals surface area (Å²) in [5.74, 6) is -0.0152. The maximum absolute atomic E-state index is 12.1. The number of hydrogen-bond donors (Lipinski definition) is 2. The Morgan fingerprint density at radius 1 is 1.05 bits per heavy atom. The van der Waals surface area contributed by atoms with Gasteiger partial charge in [-0.05, 0) is 42.3 Å². The van der Waals surface area contributed by atoms with Crippen molar-refractivity contribution in [3.8, 4) is 0 Å². The summed E-state index contributed by atoms with van der Waals surface area (Å²) in [6.45, 7) is 3.15. The molecular formula is C18H21BrN2O. The number of carbonyl (C=O) groups excluding carboxylic acids is 1. The number of benzene rings is 2. The zero-order valence-electron chi connectivity index (χ0n) is 12.7. The Bertz CT molecular complexity index is 611. The second kappa shape index (κ2) is 8.59. The fourth-order valence-corrected chi connectivity index (χ4v) is 2.53. The predicted octanol–water partition coefficient (Wildman–Crippen LogP) is 4.84. The molecule has 0 saturated heterocycles. The van der Waals surface area contributed by atoms with E-state index in [1.165, 1.54) is 6.42 Å². The molecule has 3 nitrogen and oxygen atoms in total. The van der Waals surface area contributed by atoms with E-state index in [1.807, 2.05) is 48.5 Å². The zero-order valence-corrected chi connectivity index (χ0v) is 14.3. The Hall–Kier alpha value is -1.81. The maximum atomic E-state index is 12.1. The van der Waals surface area contributed by atoms with Crippen LogP contribution in [0.4, 0.5) is 11.4 Å². The number of hydrogen-bond acceptors (Lipinski definition) is 2. The summed E-state index contributed by atoms with van der Waals surface area (Å²) in [6.07, 6.45) is 2.69. The lowest BCUT2D eigenvalue weighted by atomic mass is 10.1. The average Bonchev–Trinajstić information content (AvgIpc) is 2.51. The number of rotatable bonds is 7. The summed E-state index contributed by atoms with van der Waals surface area (Å²) in [7, 11) is 0. The van der Waals surface area contributed by atoms with Crippen LogP contribution in [-0.2, 0) is 11.2 Å². The van der Waals surface area contributed by atoms with E-state index in [4.69, 9.17) is 0 Å². The van der Waals surface area contributed by atoms with Gasteiger partial charge in [0.1, 0.15) is 0 Å². The number of anilines is 2. The molecule has 116 valence electrons. The Morgan fingerprint density at radius 3 is 2.41 bits per heavy atom. The second-order valence-corrected chi connectivity index (χ2v) is 6.03. The first-order valence-corrected chi connectivity index (χ1v) is 8.35. The SMILES string of the molecule is CCCCNc1ccc(NC(=O)Cc2ccccc2Br)cc1. The van der Waals surface area contributed by atoms with Crippen molar-refractivity contribution in [2.45, 2.75) is 26.2 Å². The van der Waals surface area contributed by atoms with E-state index >= 15 is 0 Å². The van der Waals surface area contributed by atoms with Crippen LogP contribution in [0.25, 0.3) is 0 Å². The van der Waals surface area contributed by atoms with Crippen molar-refractivity contribution in [1.82, 2.24) is 0 Å². The molecule has 0 bridgehead atoms. The van der Waals surface area contributed by atoms with Gasteiger partial charge in [0, 0.05) is 22.4 Å². The van der Waals surface area contributed by atoms with Crippen molar-refractivity contribution < 1.29 is 4.79 Å². The first kappa shape index (κ1) is 16.6. The van der Waals surface area contributed by atoms with Crippen molar-refractivity contribution in [2.75, 3.05) is 17.2 Å². The largest absolute Gasteiger partial charge is 0.385 e. The Morgan fingerprint density at radius 2 is 1.73 bits per heavy atom. The number of amides is 1. The Balaban J connectivity index is 1.88. The molecule has 0 atom stereocenters. The highest BCUT2D eigenvalue weighted by Crippen LogP contribution is 2.18. The van der Waals surface area contributed by atoms with E-state index in [1.54, 1.807) is 0 Å². The van der Waals surface area contributed by atoms with Crippen LogP contribution >= 0.6 is 15.9 Å². The van der Waals surface area contributed by atoms with Gasteiger partial charge >= 0.3 is 0 Å². The van der Waals surface area contributed by atoms with Crippen LogP contribution in [0, 0.1) is 0 Å². The molecule has 0 saturated carbocycles. The molecule has 0 unspecified atom stereocenters. The summed E-state index contributed by atoms with van der Waals surface area (Å²) < 4.78 is 0.959. The van der Waals surface area contributed by atoms with Crippen LogP contribution in [0.5, 0.6) is 0 Å². The van der Waals surface area contributed by atoms with E-state index in [9.17, 15) is 4.79 Å². The highest BCUT2D eigenvalue weighted by Gasteiger charge is 2.06. The first-order chi connectivity index (χ1) is 10.7. The fourth-order valence-electron chi connectivity index (χ4n) is 2.10. The van der Waals surface area contributed by atoms with E-state index < -0.39 is 0 Å². The van der Waals surface area contributed by atoms with Gasteiger partial charge in [-0.1, -0.05) is 47.5 Å². The molecule has 4 heteroatoms. The number of nitrogens with one attached hydrogen (secondary N) is 2. The van der Waals surface area contributed by atoms with Gasteiger partial charge in [-0.25, -0.2) is 0 Å². The highest BCUT2D eigenvalue weighted by molar-refractivity contribution is 9.10. The number of carbonyl (C=O) groups is 1. The monoisotopic (exact) mass is 360 g/mol. The van der Waals surface area contributed by atoms with Crippen LogP contribution in [0.2, 0.25) is 0 Å². The van der Waals surface area contributed by atoms with Gasteiger partial charge in [-0.3, -0.25) is 4.79 Å². The lowest BCUT2D eigenvalue weighted by Crippen LogP contribution is -2.14. The quantitative estimate of drug-likeness (QED) is 0.693. The highest BCUT2D eigenvalue weighted by atomic mass is 79.9. The third-order valence-electron chi connectivity index (χ3n) is 3.34. The van der Waals surface area contributed by atoms with Gasteiger partial charge in [-0.15, -0.1) is 0 Å². The molecule has 22 heavy (non-hydrogen) atoms. The minimum absolute atomic E-state index is 0.0152. The van der Waals surface area contributed by atoms with Crippen LogP contribution < -0.4 is 10.6 Å². The summed E-state index contributed by atoms with van der Waals surface area (Å²) in [4.78, 5) is 12.1. The van der Waals surface area contributed by atoms with E-state index in [0.29, 0.717) is 6.42 Å². The normalized spacial score (nSPS) is 10.3. The van der Waals surface area contributed by atoms with Crippen LogP contribution in [0.15, 0.2) is 53.0 Å². The molecule has 0 fully saturated rings. The molecule has 0 aliphatic carbocycles. The molecule has 0 spiro atoms. The molecule has 0 heterocycles. The van der Waals surface area contributed by atoms with Crippen molar-refractivity contribution in [3.05, 3.63) is 58.6 Å². The number of halogens is 1.